The van der Waals surface area contributed by atoms with E-state index in [4.69, 9.17) is 19.6 Å². The summed E-state index contributed by atoms with van der Waals surface area (Å²) in [5, 5.41) is 0. The second kappa shape index (κ2) is 10.2. The predicted octanol–water partition coefficient (Wildman–Crippen LogP) is 6.41. The van der Waals surface area contributed by atoms with Crippen molar-refractivity contribution in [3.05, 3.63) is 11.3 Å². The van der Waals surface area contributed by atoms with Crippen molar-refractivity contribution in [3.8, 4) is 0 Å². The van der Waals surface area contributed by atoms with Gasteiger partial charge in [0.25, 0.3) is 11.8 Å². The van der Waals surface area contributed by atoms with Gasteiger partial charge in [-0.15, -0.1) is 0 Å². The van der Waals surface area contributed by atoms with Crippen LogP contribution in [0.25, 0.3) is 0 Å². The SMILES string of the molecule is CC(CF)C/C(OOC(C)(C)C)=C(\COOC(C)(C)C)C(F)(F)CC(C)(F)F. The van der Waals surface area contributed by atoms with Gasteiger partial charge in [0.2, 0.25) is 0 Å². The molecule has 0 saturated carbocycles. The lowest BCUT2D eigenvalue weighted by atomic mass is 9.97. The normalized spacial score (nSPS) is 16.0. The molecule has 0 aliphatic carbocycles. The van der Waals surface area contributed by atoms with Gasteiger partial charge in [0.05, 0.1) is 24.3 Å². The maximum absolute atomic E-state index is 14.7. The first-order valence-electron chi connectivity index (χ1n) is 9.07. The van der Waals surface area contributed by atoms with Crippen LogP contribution in [0, 0.1) is 5.92 Å². The molecular weight excluding hydrogens is 387 g/mol. The smallest absolute Gasteiger partial charge is 0.281 e. The van der Waals surface area contributed by atoms with Crippen molar-refractivity contribution in [1.29, 1.82) is 0 Å². The van der Waals surface area contributed by atoms with Crippen molar-refractivity contribution in [2.45, 2.75) is 91.3 Å². The molecule has 0 saturated heterocycles. The molecule has 0 aliphatic rings. The largest absolute Gasteiger partial charge is 0.341 e. The highest BCUT2D eigenvalue weighted by molar-refractivity contribution is 5.19. The van der Waals surface area contributed by atoms with E-state index in [2.05, 4.69) is 0 Å². The van der Waals surface area contributed by atoms with Crippen molar-refractivity contribution >= 4 is 0 Å². The van der Waals surface area contributed by atoms with Crippen LogP contribution < -0.4 is 0 Å². The van der Waals surface area contributed by atoms with Crippen LogP contribution in [0.5, 0.6) is 0 Å². The van der Waals surface area contributed by atoms with Crippen LogP contribution in [0.15, 0.2) is 11.3 Å². The first-order chi connectivity index (χ1) is 12.4. The molecule has 9 heteroatoms. The molecule has 0 bridgehead atoms. The van der Waals surface area contributed by atoms with Crippen LogP contribution in [0.3, 0.4) is 0 Å². The summed E-state index contributed by atoms with van der Waals surface area (Å²) in [5.41, 5.74) is -2.56. The van der Waals surface area contributed by atoms with Crippen LogP contribution in [-0.2, 0) is 19.6 Å². The van der Waals surface area contributed by atoms with Gasteiger partial charge in [-0.3, -0.25) is 4.39 Å². The molecule has 168 valence electrons. The molecule has 1 unspecified atom stereocenters. The van der Waals surface area contributed by atoms with Crippen LogP contribution in [0.2, 0.25) is 0 Å². The van der Waals surface area contributed by atoms with Crippen molar-refractivity contribution in [2.75, 3.05) is 13.3 Å². The first-order valence-corrected chi connectivity index (χ1v) is 9.07. The summed E-state index contributed by atoms with van der Waals surface area (Å²) in [7, 11) is 0. The van der Waals surface area contributed by atoms with E-state index in [9.17, 15) is 22.0 Å². The van der Waals surface area contributed by atoms with Gasteiger partial charge < -0.3 is 4.89 Å². The molecule has 0 spiro atoms. The molecule has 4 nitrogen and oxygen atoms in total. The number of rotatable bonds is 11. The van der Waals surface area contributed by atoms with E-state index in [1.165, 1.54) is 6.92 Å². The molecule has 0 aliphatic heterocycles. The first kappa shape index (κ1) is 27.1. The van der Waals surface area contributed by atoms with Crippen LogP contribution in [0.1, 0.15) is 68.2 Å². The Morgan fingerprint density at radius 2 is 1.36 bits per heavy atom. The number of hydrogen-bond donors (Lipinski definition) is 0. The van der Waals surface area contributed by atoms with E-state index >= 15 is 0 Å². The summed E-state index contributed by atoms with van der Waals surface area (Å²) in [6.45, 7) is 9.91. The molecular formula is C19H33F5O4. The zero-order chi connectivity index (χ0) is 22.4. The quantitative estimate of drug-likeness (QED) is 0.167. The Morgan fingerprint density at radius 3 is 1.75 bits per heavy atom. The van der Waals surface area contributed by atoms with Gasteiger partial charge in [-0.1, -0.05) is 6.92 Å². The molecule has 28 heavy (non-hydrogen) atoms. The lowest BCUT2D eigenvalue weighted by Crippen LogP contribution is -2.33. The topological polar surface area (TPSA) is 36.9 Å². The van der Waals surface area contributed by atoms with E-state index in [0.29, 0.717) is 6.92 Å². The van der Waals surface area contributed by atoms with Gasteiger partial charge in [-0.05, 0) is 54.4 Å². The molecule has 0 amide bonds. The van der Waals surface area contributed by atoms with Crippen molar-refractivity contribution in [1.82, 2.24) is 0 Å². The fourth-order valence-electron chi connectivity index (χ4n) is 1.91. The van der Waals surface area contributed by atoms with Gasteiger partial charge in [-0.2, -0.15) is 4.89 Å². The Kier molecular flexibility index (Phi) is 9.87. The van der Waals surface area contributed by atoms with E-state index in [1.807, 2.05) is 0 Å². The zero-order valence-corrected chi connectivity index (χ0v) is 17.9. The van der Waals surface area contributed by atoms with Crippen LogP contribution in [0.4, 0.5) is 22.0 Å². The third kappa shape index (κ3) is 12.5. The monoisotopic (exact) mass is 420 g/mol. The highest BCUT2D eigenvalue weighted by atomic mass is 19.3. The van der Waals surface area contributed by atoms with E-state index in [1.54, 1.807) is 41.5 Å². The summed E-state index contributed by atoms with van der Waals surface area (Å²) in [6, 6.07) is 0. The van der Waals surface area contributed by atoms with E-state index in [0.717, 1.165) is 0 Å². The van der Waals surface area contributed by atoms with Gasteiger partial charge in [0.1, 0.15) is 18.0 Å². The maximum atomic E-state index is 14.7. The van der Waals surface area contributed by atoms with Crippen LogP contribution >= 0.6 is 0 Å². The average molecular weight is 420 g/mol. The Labute approximate surface area is 164 Å². The van der Waals surface area contributed by atoms with Gasteiger partial charge in [0.15, 0.2) is 0 Å². The predicted molar refractivity (Wildman–Crippen MR) is 95.7 cm³/mol. The van der Waals surface area contributed by atoms with E-state index < -0.39 is 60.0 Å². The van der Waals surface area contributed by atoms with Gasteiger partial charge in [-0.25, -0.2) is 27.3 Å². The Bertz CT molecular complexity index is 502. The minimum absolute atomic E-state index is 0.286. The van der Waals surface area contributed by atoms with Crippen molar-refractivity contribution in [2.24, 2.45) is 5.92 Å². The zero-order valence-electron chi connectivity index (χ0n) is 17.9. The molecule has 0 heterocycles. The maximum Gasteiger partial charge on any atom is 0.281 e. The number of alkyl halides is 5. The third-order valence-electron chi connectivity index (χ3n) is 3.01. The Hall–Kier alpha value is -0.930. The molecule has 0 rings (SSSR count). The standard InChI is InChI=1S/C19H33F5O4/c1-13(10-20)9-15(26-28-17(5,6)7)14(11-25-27-16(2,3)4)19(23,24)12-18(8,21)22/h13H,9-12H2,1-8H3/b15-14-. The average Bonchev–Trinajstić information content (AvgIpc) is 2.43. The summed E-state index contributed by atoms with van der Waals surface area (Å²) in [5.74, 6) is -8.80. The molecule has 0 aromatic rings. The minimum atomic E-state index is -3.99. The van der Waals surface area contributed by atoms with Gasteiger partial charge >= 0.3 is 0 Å². The lowest BCUT2D eigenvalue weighted by molar-refractivity contribution is -0.349. The molecule has 0 fully saturated rings. The summed E-state index contributed by atoms with van der Waals surface area (Å²) >= 11 is 0. The number of hydrogen-bond acceptors (Lipinski definition) is 4. The van der Waals surface area contributed by atoms with E-state index in [-0.39, 0.29) is 6.42 Å². The fourth-order valence-corrected chi connectivity index (χ4v) is 1.91. The second-order valence-corrected chi connectivity index (χ2v) is 9.05. The van der Waals surface area contributed by atoms with Crippen molar-refractivity contribution in [3.63, 3.8) is 0 Å². The summed E-state index contributed by atoms with van der Waals surface area (Å²) in [6.07, 6.45) is -2.05. The third-order valence-corrected chi connectivity index (χ3v) is 3.01. The highest BCUT2D eigenvalue weighted by Gasteiger charge is 2.46. The highest BCUT2D eigenvalue weighted by Crippen LogP contribution is 2.39. The summed E-state index contributed by atoms with van der Waals surface area (Å²) in [4.78, 5) is 20.0. The number of allylic oxidation sites excluding steroid dienone is 1. The minimum Gasteiger partial charge on any atom is -0.341 e. The summed E-state index contributed by atoms with van der Waals surface area (Å²) < 4.78 is 69.1. The molecule has 0 aromatic carbocycles. The van der Waals surface area contributed by atoms with Crippen LogP contribution in [-0.4, -0.2) is 36.3 Å². The van der Waals surface area contributed by atoms with Gasteiger partial charge in [0, 0.05) is 6.42 Å². The molecule has 0 radical (unpaired) electrons. The molecule has 0 aromatic heterocycles. The lowest BCUT2D eigenvalue weighted by Gasteiger charge is -2.28. The fraction of sp³-hybridized carbons (Fsp3) is 0.895. The number of halogens is 5. The Morgan fingerprint density at radius 1 is 0.857 bits per heavy atom. The molecule has 1 atom stereocenters. The molecule has 0 N–H and O–H groups in total. The Balaban J connectivity index is 5.96. The second-order valence-electron chi connectivity index (χ2n) is 9.05. The van der Waals surface area contributed by atoms with Crippen molar-refractivity contribution < 1.29 is 41.5 Å².